The number of hydrogen-bond acceptors (Lipinski definition) is 8. The van der Waals surface area contributed by atoms with Gasteiger partial charge in [0.1, 0.15) is 0 Å². The first kappa shape index (κ1) is 37.8. The molecule has 0 saturated heterocycles. The molecule has 0 aromatic rings. The Morgan fingerprint density at radius 1 is 0.900 bits per heavy atom. The Labute approximate surface area is 196 Å². The van der Waals surface area contributed by atoms with Crippen molar-refractivity contribution in [3.8, 4) is 0 Å². The van der Waals surface area contributed by atoms with Gasteiger partial charge in [0.05, 0.1) is 6.67 Å². The van der Waals surface area contributed by atoms with Crippen molar-refractivity contribution in [3.63, 3.8) is 0 Å². The third kappa shape index (κ3) is 16.1. The maximum atomic E-state index is 11.5. The second kappa shape index (κ2) is 26.1. The minimum atomic E-state index is -3.32. The zero-order valence-corrected chi connectivity index (χ0v) is 18.9. The summed E-state index contributed by atoms with van der Waals surface area (Å²) < 4.78 is 0. The van der Waals surface area contributed by atoms with Gasteiger partial charge in [0.25, 0.3) is 11.8 Å². The van der Waals surface area contributed by atoms with Crippen LogP contribution in [0.2, 0.25) is 0 Å². The largest absolute Gasteiger partial charge is 0.665 e. The van der Waals surface area contributed by atoms with E-state index in [0.717, 1.165) is 7.05 Å². The Hall–Kier alpha value is -2.94. The first-order valence-corrected chi connectivity index (χ1v) is 7.07. The molecule has 4 amide bonds. The molecule has 15 nitrogen and oxygen atoms in total. The fraction of sp³-hybridized carbons (Fsp3) is 0.429. The van der Waals surface area contributed by atoms with Crippen LogP contribution >= 0.6 is 0 Å². The van der Waals surface area contributed by atoms with Gasteiger partial charge in [-0.25, -0.2) is 9.59 Å². The molecule has 7 N–H and O–H groups in total. The van der Waals surface area contributed by atoms with Crippen molar-refractivity contribution < 1.29 is 86.4 Å². The number of nitrogens with one attached hydrogen (secondary N) is 4. The molecule has 0 heterocycles. The Morgan fingerprint density at radius 2 is 1.27 bits per heavy atom. The molecular formula is C14H20N4O11Y-4. The number of carbonyl (C=O) groups excluding carboxylic acids is 5. The van der Waals surface area contributed by atoms with Crippen molar-refractivity contribution in [3.05, 3.63) is 0 Å². The van der Waals surface area contributed by atoms with E-state index in [1.807, 2.05) is 12.2 Å². The Balaban J connectivity index is -0.000000144. The van der Waals surface area contributed by atoms with Gasteiger partial charge in [-0.2, -0.15) is 19.7 Å². The van der Waals surface area contributed by atoms with Crippen LogP contribution in [0.3, 0.4) is 0 Å². The summed E-state index contributed by atoms with van der Waals surface area (Å²) in [6.07, 6.45) is 4.18. The molecule has 16 heteroatoms. The van der Waals surface area contributed by atoms with E-state index < -0.39 is 35.8 Å². The van der Waals surface area contributed by atoms with E-state index in [9.17, 15) is 24.0 Å². The van der Waals surface area contributed by atoms with Gasteiger partial charge in [-0.1, -0.05) is 13.4 Å². The number of hydrogen-bond donors (Lipinski definition) is 7. The monoisotopic (exact) mass is 509 g/mol. The Kier molecular flexibility index (Phi) is 32.8. The van der Waals surface area contributed by atoms with Crippen LogP contribution in [0.1, 0.15) is 13.8 Å². The summed E-state index contributed by atoms with van der Waals surface area (Å²) in [5, 5.41) is 32.1. The summed E-state index contributed by atoms with van der Waals surface area (Å²) >= 11 is 0. The minimum Gasteiger partial charge on any atom is -0.665 e. The number of aliphatic hydroxyl groups excluding tert-OH is 1. The van der Waals surface area contributed by atoms with E-state index in [2.05, 4.69) is 5.32 Å². The van der Waals surface area contributed by atoms with Crippen LogP contribution in [0.25, 0.3) is 0 Å². The molecule has 0 rings (SSSR count). The topological polar surface area (TPSA) is 245 Å². The number of amides is 4. The molecule has 0 aromatic heterocycles. The molecule has 30 heavy (non-hydrogen) atoms. The molecule has 169 valence electrons. The predicted molar refractivity (Wildman–Crippen MR) is 92.7 cm³/mol. The van der Waals surface area contributed by atoms with Gasteiger partial charge >= 0.3 is 17.4 Å². The smallest absolute Gasteiger partial charge is 0.340 e. The molecule has 0 aromatic carbocycles. The first-order chi connectivity index (χ1) is 13.6. The van der Waals surface area contributed by atoms with Gasteiger partial charge in [0, 0.05) is 39.8 Å². The zero-order valence-electron chi connectivity index (χ0n) is 16.1. The summed E-state index contributed by atoms with van der Waals surface area (Å²) in [4.78, 5) is 80.6. The molecule has 0 unspecified atom stereocenters. The summed E-state index contributed by atoms with van der Waals surface area (Å²) in [5.41, 5.74) is -3.32. The molecule has 0 fully saturated rings. The minimum absolute atomic E-state index is 0. The van der Waals surface area contributed by atoms with E-state index in [1.54, 1.807) is 10.6 Å². The number of carboxylic acids is 2. The third-order valence-electron chi connectivity index (χ3n) is 2.21. The van der Waals surface area contributed by atoms with Gasteiger partial charge in [0.15, 0.2) is 0 Å². The van der Waals surface area contributed by atoms with Crippen molar-refractivity contribution in [1.82, 2.24) is 21.3 Å². The van der Waals surface area contributed by atoms with Crippen LogP contribution in [-0.4, -0.2) is 84.9 Å². The van der Waals surface area contributed by atoms with Gasteiger partial charge in [-0.05, 0) is 6.54 Å². The van der Waals surface area contributed by atoms with E-state index >= 15 is 0 Å². The van der Waals surface area contributed by atoms with Gasteiger partial charge in [-0.3, -0.25) is 15.9 Å². The fourth-order valence-electron chi connectivity index (χ4n) is 1.14. The summed E-state index contributed by atoms with van der Waals surface area (Å²) in [7, 11) is 0.980. The Morgan fingerprint density at radius 3 is 1.47 bits per heavy atom. The van der Waals surface area contributed by atoms with Crippen LogP contribution in [0.5, 0.6) is 0 Å². The molecule has 0 aliphatic heterocycles. The van der Waals surface area contributed by atoms with Gasteiger partial charge < -0.3 is 55.8 Å². The molecular weight excluding hydrogens is 489 g/mol. The maximum Gasteiger partial charge on any atom is 0.340 e. The zero-order chi connectivity index (χ0) is 23.9. The van der Waals surface area contributed by atoms with Crippen molar-refractivity contribution in [2.45, 2.75) is 13.8 Å². The third-order valence-corrected chi connectivity index (χ3v) is 2.21. The second-order valence-corrected chi connectivity index (χ2v) is 3.83. The van der Waals surface area contributed by atoms with Gasteiger partial charge in [-0.15, -0.1) is 0 Å². The van der Waals surface area contributed by atoms with Crippen molar-refractivity contribution >= 4 is 49.3 Å². The van der Waals surface area contributed by atoms with Crippen molar-refractivity contribution in [2.75, 3.05) is 20.3 Å². The van der Waals surface area contributed by atoms with Crippen LogP contribution in [0.4, 0.5) is 0 Å². The average molecular weight is 509 g/mol. The Bertz CT molecular complexity index is 538. The molecule has 0 aliphatic rings. The fourth-order valence-corrected chi connectivity index (χ4v) is 1.14. The number of rotatable bonds is 9. The van der Waals surface area contributed by atoms with Crippen LogP contribution in [-0.2, 0) is 71.1 Å². The van der Waals surface area contributed by atoms with Crippen LogP contribution in [0, 0.1) is 5.41 Å². The predicted octanol–water partition coefficient (Wildman–Crippen LogP) is -3.99. The summed E-state index contributed by atoms with van der Waals surface area (Å²) in [5.74, 6) is -7.41. The molecule has 0 bridgehead atoms. The van der Waals surface area contributed by atoms with E-state index in [4.69, 9.17) is 29.7 Å². The molecule has 0 spiro atoms. The van der Waals surface area contributed by atoms with Gasteiger partial charge in [0.2, 0.25) is 0 Å². The first-order valence-electron chi connectivity index (χ1n) is 7.07. The second-order valence-electron chi connectivity index (χ2n) is 3.83. The van der Waals surface area contributed by atoms with E-state index in [-0.39, 0.29) is 32.7 Å². The quantitative estimate of drug-likeness (QED) is 0.0519. The average Bonchev–Trinajstić information content (AvgIpc) is 2.64. The van der Waals surface area contributed by atoms with E-state index in [0.29, 0.717) is 13.0 Å². The normalized spacial score (nSPS) is 7.97. The standard InChI is InChI=1S/C8H10N3O7.C3H6NO.C2H3O.CHO2.Y/c1-9-4(13)8(6(15)16,7(17)18)5(14)11-2-10-3-12;1-2-4-3-5;1-2-3;2-1-3;/h2H2,1H3,(H,9,13)(H,10,12)(H,11,14)(H,15,16)(H,17,18);2H2,1H3,(H,4,5);1H3;(H,2,3);/q4*-1;. The number of carboxylic acid groups (broad SMARTS) is 2. The van der Waals surface area contributed by atoms with Crippen molar-refractivity contribution in [1.29, 1.82) is 0 Å². The summed E-state index contributed by atoms with van der Waals surface area (Å²) in [6, 6.07) is 0. The van der Waals surface area contributed by atoms with Crippen LogP contribution in [0.15, 0.2) is 0 Å². The van der Waals surface area contributed by atoms with Crippen molar-refractivity contribution in [2.24, 2.45) is 5.41 Å². The number of carbonyl (C=O) groups is 4. The molecule has 1 radical (unpaired) electrons. The SMILES string of the molecule is CCN[C-]=O.CNC(=O)C(C(=O)O)(C(=O)O)C(=O)NCN[C-]=O.C[C-]=O.O=[C-]O.[Y]. The van der Waals surface area contributed by atoms with E-state index in [1.165, 1.54) is 26.0 Å². The van der Waals surface area contributed by atoms with Crippen LogP contribution < -0.4 is 21.3 Å². The maximum absolute atomic E-state index is 11.5. The molecule has 0 saturated carbocycles. The number of aliphatic carboxylic acids is 2. The molecule has 0 atom stereocenters. The summed E-state index contributed by atoms with van der Waals surface area (Å²) in [6.45, 7) is 3.76. The molecule has 0 aliphatic carbocycles.